The molecule has 1 fully saturated rings. The minimum atomic E-state index is 0.537. The van der Waals surface area contributed by atoms with Gasteiger partial charge in [0.25, 0.3) is 0 Å². The lowest BCUT2D eigenvalue weighted by atomic mass is 9.91. The molecule has 4 heteroatoms. The molecule has 1 aromatic heterocycles. The first-order valence-electron chi connectivity index (χ1n) is 8.27. The van der Waals surface area contributed by atoms with E-state index in [-0.39, 0.29) is 0 Å². The van der Waals surface area contributed by atoms with E-state index >= 15 is 0 Å². The summed E-state index contributed by atoms with van der Waals surface area (Å²) in [5, 5.41) is 8.36. The van der Waals surface area contributed by atoms with Crippen LogP contribution in [0.4, 0.5) is 0 Å². The zero-order chi connectivity index (χ0) is 13.9. The lowest BCUT2D eigenvalue weighted by Gasteiger charge is -2.35. The molecule has 0 spiro atoms. The Morgan fingerprint density at radius 3 is 2.85 bits per heavy atom. The minimum Gasteiger partial charge on any atom is -0.307 e. The molecule has 0 saturated carbocycles. The highest BCUT2D eigenvalue weighted by Gasteiger charge is 2.27. The zero-order valence-electron chi connectivity index (χ0n) is 12.9. The number of fused-ring (bicyclic) bond motifs is 1. The number of hydrogen-bond acceptors (Lipinski definition) is 3. The van der Waals surface area contributed by atoms with Crippen LogP contribution in [0, 0.1) is 0 Å². The van der Waals surface area contributed by atoms with Crippen molar-refractivity contribution in [2.75, 3.05) is 19.6 Å². The smallest absolute Gasteiger partial charge is 0.0540 e. The number of nitrogens with one attached hydrogen (secondary N) is 1. The molecule has 0 amide bonds. The number of nitrogens with zero attached hydrogens (tertiary/aromatic N) is 3. The Morgan fingerprint density at radius 2 is 2.10 bits per heavy atom. The second-order valence-electron chi connectivity index (χ2n) is 6.40. The van der Waals surface area contributed by atoms with E-state index in [2.05, 4.69) is 40.2 Å². The third kappa shape index (κ3) is 2.91. The Bertz CT molecular complexity index is 432. The first kappa shape index (κ1) is 14.1. The molecule has 3 rings (SSSR count). The van der Waals surface area contributed by atoms with E-state index in [1.807, 2.05) is 0 Å². The van der Waals surface area contributed by atoms with Crippen molar-refractivity contribution in [2.45, 2.75) is 57.5 Å². The highest BCUT2D eigenvalue weighted by atomic mass is 15.3. The van der Waals surface area contributed by atoms with Crippen LogP contribution in [0.25, 0.3) is 0 Å². The molecule has 0 aromatic carbocycles. The van der Waals surface area contributed by atoms with Crippen LogP contribution >= 0.6 is 0 Å². The molecule has 1 aliphatic heterocycles. The van der Waals surface area contributed by atoms with E-state index in [4.69, 9.17) is 0 Å². The minimum absolute atomic E-state index is 0.537. The van der Waals surface area contributed by atoms with E-state index < -0.39 is 0 Å². The summed E-state index contributed by atoms with van der Waals surface area (Å²) >= 11 is 0. The molecule has 2 heterocycles. The number of aryl methyl sites for hydroxylation is 1. The largest absolute Gasteiger partial charge is 0.307 e. The van der Waals surface area contributed by atoms with Gasteiger partial charge in [0.1, 0.15) is 0 Å². The van der Waals surface area contributed by atoms with Gasteiger partial charge in [-0.25, -0.2) is 0 Å². The van der Waals surface area contributed by atoms with E-state index in [0.717, 1.165) is 0 Å². The highest BCUT2D eigenvalue weighted by molar-refractivity contribution is 5.24. The molecule has 1 aromatic rings. The maximum atomic E-state index is 4.45. The predicted octanol–water partition coefficient (Wildman–Crippen LogP) is 2.26. The Morgan fingerprint density at radius 1 is 1.30 bits per heavy atom. The second-order valence-corrected chi connectivity index (χ2v) is 6.40. The summed E-state index contributed by atoms with van der Waals surface area (Å²) in [4.78, 5) is 2.61. The van der Waals surface area contributed by atoms with E-state index in [1.165, 1.54) is 69.4 Å². The normalized spacial score (nSPS) is 24.8. The summed E-state index contributed by atoms with van der Waals surface area (Å²) in [5.41, 5.74) is 2.90. The Labute approximate surface area is 122 Å². The van der Waals surface area contributed by atoms with Crippen LogP contribution in [0.15, 0.2) is 6.20 Å². The Balaban J connectivity index is 1.57. The van der Waals surface area contributed by atoms with E-state index in [9.17, 15) is 0 Å². The van der Waals surface area contributed by atoms with Crippen LogP contribution in [0.5, 0.6) is 0 Å². The molecule has 0 unspecified atom stereocenters. The molecule has 1 saturated heterocycles. The van der Waals surface area contributed by atoms with Gasteiger partial charge < -0.3 is 10.2 Å². The van der Waals surface area contributed by atoms with Gasteiger partial charge in [0.05, 0.1) is 6.20 Å². The summed E-state index contributed by atoms with van der Waals surface area (Å²) in [6.45, 7) is 6.06. The topological polar surface area (TPSA) is 33.1 Å². The van der Waals surface area contributed by atoms with Gasteiger partial charge in [0.2, 0.25) is 0 Å². The first-order valence-corrected chi connectivity index (χ1v) is 8.27. The van der Waals surface area contributed by atoms with Crippen LogP contribution in [0.2, 0.25) is 0 Å². The van der Waals surface area contributed by atoms with Gasteiger partial charge in [-0.2, -0.15) is 5.10 Å². The molecule has 1 N–H and O–H groups in total. The fourth-order valence-corrected chi connectivity index (χ4v) is 3.80. The van der Waals surface area contributed by atoms with Crippen molar-refractivity contribution in [1.29, 1.82) is 0 Å². The van der Waals surface area contributed by atoms with Crippen LogP contribution in [-0.4, -0.2) is 40.4 Å². The van der Waals surface area contributed by atoms with Crippen LogP contribution < -0.4 is 5.32 Å². The van der Waals surface area contributed by atoms with Gasteiger partial charge in [-0.1, -0.05) is 6.92 Å². The lowest BCUT2D eigenvalue weighted by Crippen LogP contribution is -2.44. The third-order valence-corrected chi connectivity index (χ3v) is 4.94. The molecule has 1 atom stereocenters. The Kier molecular flexibility index (Phi) is 4.41. The van der Waals surface area contributed by atoms with Crippen LogP contribution in [0.1, 0.15) is 56.3 Å². The monoisotopic (exact) mass is 276 g/mol. The van der Waals surface area contributed by atoms with E-state index in [1.54, 1.807) is 0 Å². The zero-order valence-corrected chi connectivity index (χ0v) is 12.9. The van der Waals surface area contributed by atoms with E-state index in [0.29, 0.717) is 12.1 Å². The molecule has 2 aliphatic rings. The second kappa shape index (κ2) is 6.27. The van der Waals surface area contributed by atoms with Crippen molar-refractivity contribution in [3.8, 4) is 0 Å². The van der Waals surface area contributed by atoms with Crippen molar-refractivity contribution < 1.29 is 0 Å². The van der Waals surface area contributed by atoms with Crippen LogP contribution in [-0.2, 0) is 13.5 Å². The van der Waals surface area contributed by atoms with Gasteiger partial charge >= 0.3 is 0 Å². The van der Waals surface area contributed by atoms with Crippen molar-refractivity contribution in [3.05, 3.63) is 17.5 Å². The first-order chi connectivity index (χ1) is 9.78. The van der Waals surface area contributed by atoms with Gasteiger partial charge in [0, 0.05) is 30.4 Å². The van der Waals surface area contributed by atoms with Gasteiger partial charge in [-0.15, -0.1) is 0 Å². The number of likely N-dealkylation sites (tertiary alicyclic amines) is 1. The standard InChI is InChI=1S/C16H28N4/c1-3-9-20-10-7-13(8-11-20)18-15-5-4-6-16-14(15)12-17-19(16)2/h12-13,15,18H,3-11H2,1-2H3/t15-/m1/s1. The number of rotatable bonds is 4. The van der Waals surface area contributed by atoms with Gasteiger partial charge in [0.15, 0.2) is 0 Å². The number of aromatic nitrogens is 2. The predicted molar refractivity (Wildman–Crippen MR) is 81.8 cm³/mol. The van der Waals surface area contributed by atoms with Crippen LogP contribution in [0.3, 0.4) is 0 Å². The SMILES string of the molecule is CCCN1CCC(N[C@@H]2CCCc3c2cnn3C)CC1. The highest BCUT2D eigenvalue weighted by Crippen LogP contribution is 2.30. The molecule has 0 radical (unpaired) electrons. The molecule has 0 bridgehead atoms. The molecule has 1 aliphatic carbocycles. The Hall–Kier alpha value is -0.870. The molecular formula is C16H28N4. The number of piperidine rings is 1. The lowest BCUT2D eigenvalue weighted by molar-refractivity contribution is 0.188. The maximum absolute atomic E-state index is 4.45. The molecule has 4 nitrogen and oxygen atoms in total. The average Bonchev–Trinajstić information content (AvgIpc) is 2.84. The van der Waals surface area contributed by atoms with Crippen molar-refractivity contribution >= 4 is 0 Å². The third-order valence-electron chi connectivity index (χ3n) is 4.94. The summed E-state index contributed by atoms with van der Waals surface area (Å²) in [5.74, 6) is 0. The van der Waals surface area contributed by atoms with Crippen molar-refractivity contribution in [2.24, 2.45) is 7.05 Å². The summed E-state index contributed by atoms with van der Waals surface area (Å²) in [6, 6.07) is 1.23. The van der Waals surface area contributed by atoms with Gasteiger partial charge in [-0.3, -0.25) is 4.68 Å². The van der Waals surface area contributed by atoms with Crippen molar-refractivity contribution in [1.82, 2.24) is 20.0 Å². The fourth-order valence-electron chi connectivity index (χ4n) is 3.80. The van der Waals surface area contributed by atoms with Crippen molar-refractivity contribution in [3.63, 3.8) is 0 Å². The quantitative estimate of drug-likeness (QED) is 0.916. The maximum Gasteiger partial charge on any atom is 0.0540 e. The fraction of sp³-hybridized carbons (Fsp3) is 0.812. The van der Waals surface area contributed by atoms with Gasteiger partial charge in [-0.05, 0) is 58.2 Å². The summed E-state index contributed by atoms with van der Waals surface area (Å²) in [7, 11) is 2.07. The molecule has 20 heavy (non-hydrogen) atoms. The number of hydrogen-bond donors (Lipinski definition) is 1. The summed E-state index contributed by atoms with van der Waals surface area (Å²) in [6.07, 6.45) is 9.71. The summed E-state index contributed by atoms with van der Waals surface area (Å²) < 4.78 is 2.06. The molecule has 112 valence electrons. The average molecular weight is 276 g/mol. The molecular weight excluding hydrogens is 248 g/mol.